The van der Waals surface area contributed by atoms with Crippen molar-refractivity contribution in [2.24, 2.45) is 0 Å². The molecule has 0 unspecified atom stereocenters. The van der Waals surface area contributed by atoms with Crippen molar-refractivity contribution in [1.82, 2.24) is 24.6 Å². The Bertz CT molecular complexity index is 1270. The molecule has 1 amide bonds. The SMILES string of the molecule is CCc1nc(N2CCCN(C(=O)c3ccc(F)cc3)CC2)c2cnn(-c3ccccc3)c2n1. The summed E-state index contributed by atoms with van der Waals surface area (Å²) < 4.78 is 15.1. The van der Waals surface area contributed by atoms with Crippen molar-refractivity contribution < 1.29 is 9.18 Å². The number of aryl methyl sites for hydroxylation is 1. The van der Waals surface area contributed by atoms with Crippen LogP contribution in [0.3, 0.4) is 0 Å². The summed E-state index contributed by atoms with van der Waals surface area (Å²) >= 11 is 0. The molecule has 4 aromatic rings. The Morgan fingerprint density at radius 1 is 0.970 bits per heavy atom. The summed E-state index contributed by atoms with van der Waals surface area (Å²) in [5, 5.41) is 5.50. The van der Waals surface area contributed by atoms with Gasteiger partial charge in [0.2, 0.25) is 0 Å². The maximum atomic E-state index is 13.2. The van der Waals surface area contributed by atoms with Crippen LogP contribution in [0.2, 0.25) is 0 Å². The Kier molecular flexibility index (Phi) is 5.73. The fraction of sp³-hybridized carbons (Fsp3) is 0.280. The van der Waals surface area contributed by atoms with E-state index < -0.39 is 0 Å². The van der Waals surface area contributed by atoms with Crippen LogP contribution in [-0.4, -0.2) is 56.7 Å². The summed E-state index contributed by atoms with van der Waals surface area (Å²) in [6.45, 7) is 4.68. The predicted octanol–water partition coefficient (Wildman–Crippen LogP) is 3.87. The van der Waals surface area contributed by atoms with Crippen molar-refractivity contribution in [1.29, 1.82) is 0 Å². The average molecular weight is 445 g/mol. The zero-order valence-electron chi connectivity index (χ0n) is 18.5. The van der Waals surface area contributed by atoms with Crippen molar-refractivity contribution in [2.75, 3.05) is 31.1 Å². The summed E-state index contributed by atoms with van der Waals surface area (Å²) in [7, 11) is 0. The van der Waals surface area contributed by atoms with Crippen LogP contribution < -0.4 is 4.90 Å². The molecule has 1 aliphatic heterocycles. The van der Waals surface area contributed by atoms with Crippen molar-refractivity contribution >= 4 is 22.8 Å². The van der Waals surface area contributed by atoms with Crippen molar-refractivity contribution in [3.63, 3.8) is 0 Å². The van der Waals surface area contributed by atoms with Gasteiger partial charge in [0.15, 0.2) is 5.65 Å². The van der Waals surface area contributed by atoms with E-state index in [0.29, 0.717) is 31.6 Å². The van der Waals surface area contributed by atoms with Gasteiger partial charge in [-0.25, -0.2) is 19.0 Å². The molecule has 7 nitrogen and oxygen atoms in total. The second kappa shape index (κ2) is 8.97. The van der Waals surface area contributed by atoms with E-state index in [1.165, 1.54) is 12.1 Å². The van der Waals surface area contributed by atoms with Crippen LogP contribution in [0.4, 0.5) is 10.2 Å². The van der Waals surface area contributed by atoms with Gasteiger partial charge in [-0.15, -0.1) is 0 Å². The minimum Gasteiger partial charge on any atom is -0.354 e. The second-order valence-corrected chi connectivity index (χ2v) is 8.09. The van der Waals surface area contributed by atoms with Gasteiger partial charge < -0.3 is 9.80 Å². The summed E-state index contributed by atoms with van der Waals surface area (Å²) in [6.07, 6.45) is 3.35. The lowest BCUT2D eigenvalue weighted by Crippen LogP contribution is -2.35. The van der Waals surface area contributed by atoms with Gasteiger partial charge in [0, 0.05) is 38.2 Å². The number of amides is 1. The van der Waals surface area contributed by atoms with Crippen molar-refractivity contribution in [2.45, 2.75) is 19.8 Å². The summed E-state index contributed by atoms with van der Waals surface area (Å²) in [6, 6.07) is 15.7. The minimum absolute atomic E-state index is 0.0733. The number of halogens is 1. The molecule has 0 aliphatic carbocycles. The van der Waals surface area contributed by atoms with Crippen LogP contribution in [0.25, 0.3) is 16.7 Å². The van der Waals surface area contributed by atoms with E-state index in [2.05, 4.69) is 10.00 Å². The lowest BCUT2D eigenvalue weighted by atomic mass is 10.2. The summed E-state index contributed by atoms with van der Waals surface area (Å²) in [5.74, 6) is 1.20. The molecule has 0 saturated carbocycles. The molecule has 0 spiro atoms. The van der Waals surface area contributed by atoms with Gasteiger partial charge in [0.1, 0.15) is 17.5 Å². The molecule has 2 aromatic carbocycles. The number of fused-ring (bicyclic) bond motifs is 1. The number of hydrogen-bond acceptors (Lipinski definition) is 5. The minimum atomic E-state index is -0.343. The number of hydrogen-bond donors (Lipinski definition) is 0. The quantitative estimate of drug-likeness (QED) is 0.478. The van der Waals surface area contributed by atoms with Gasteiger partial charge in [-0.2, -0.15) is 5.10 Å². The Balaban J connectivity index is 1.44. The van der Waals surface area contributed by atoms with Crippen molar-refractivity contribution in [3.05, 3.63) is 78.0 Å². The first-order valence-electron chi connectivity index (χ1n) is 11.2. The van der Waals surface area contributed by atoms with Crippen LogP contribution >= 0.6 is 0 Å². The fourth-order valence-electron chi connectivity index (χ4n) is 4.20. The highest BCUT2D eigenvalue weighted by Crippen LogP contribution is 2.27. The third-order valence-electron chi connectivity index (χ3n) is 5.95. The highest BCUT2D eigenvalue weighted by atomic mass is 19.1. The number of para-hydroxylation sites is 1. The number of anilines is 1. The number of benzene rings is 2. The number of aromatic nitrogens is 4. The van der Waals surface area contributed by atoms with E-state index in [9.17, 15) is 9.18 Å². The standard InChI is InChI=1S/C25H25FN6O/c1-2-22-28-23(21-17-27-32(24(21)29-22)20-7-4-3-5-8-20)30-13-6-14-31(16-15-30)25(33)18-9-11-19(26)12-10-18/h3-5,7-12,17H,2,6,13-16H2,1H3. The molecule has 168 valence electrons. The second-order valence-electron chi connectivity index (χ2n) is 8.09. The van der Waals surface area contributed by atoms with Crippen molar-refractivity contribution in [3.8, 4) is 5.69 Å². The third kappa shape index (κ3) is 4.16. The Hall–Kier alpha value is -3.81. The normalized spacial score (nSPS) is 14.5. The van der Waals surface area contributed by atoms with E-state index in [0.717, 1.165) is 41.3 Å². The lowest BCUT2D eigenvalue weighted by Gasteiger charge is -2.23. The van der Waals surface area contributed by atoms with Crippen LogP contribution in [0.15, 0.2) is 60.8 Å². The molecule has 1 fully saturated rings. The lowest BCUT2D eigenvalue weighted by molar-refractivity contribution is 0.0767. The molecule has 0 radical (unpaired) electrons. The van der Waals surface area contributed by atoms with Gasteiger partial charge >= 0.3 is 0 Å². The van der Waals surface area contributed by atoms with E-state index in [4.69, 9.17) is 9.97 Å². The molecule has 33 heavy (non-hydrogen) atoms. The Labute approximate surface area is 191 Å². The monoisotopic (exact) mass is 444 g/mol. The molecule has 0 bridgehead atoms. The molecular weight excluding hydrogens is 419 g/mol. The van der Waals surface area contributed by atoms with E-state index in [1.807, 2.05) is 53.0 Å². The number of rotatable bonds is 4. The van der Waals surface area contributed by atoms with Gasteiger partial charge in [-0.1, -0.05) is 25.1 Å². The number of carbonyl (C=O) groups is 1. The number of nitrogens with zero attached hydrogens (tertiary/aromatic N) is 6. The molecule has 0 atom stereocenters. The molecular formula is C25H25FN6O. The molecule has 2 aromatic heterocycles. The summed E-state index contributed by atoms with van der Waals surface area (Å²) in [4.78, 5) is 26.6. The van der Waals surface area contributed by atoms with Gasteiger partial charge in [0.05, 0.1) is 17.3 Å². The molecule has 1 saturated heterocycles. The molecule has 3 heterocycles. The van der Waals surface area contributed by atoms with Crippen LogP contribution in [0, 0.1) is 5.82 Å². The largest absolute Gasteiger partial charge is 0.354 e. The molecule has 8 heteroatoms. The van der Waals surface area contributed by atoms with Gasteiger partial charge in [-0.05, 0) is 42.8 Å². The van der Waals surface area contributed by atoms with Crippen LogP contribution in [0.1, 0.15) is 29.5 Å². The topological polar surface area (TPSA) is 67.2 Å². The molecule has 1 aliphatic rings. The highest BCUT2D eigenvalue weighted by Gasteiger charge is 2.24. The van der Waals surface area contributed by atoms with E-state index in [-0.39, 0.29) is 11.7 Å². The van der Waals surface area contributed by atoms with E-state index in [1.54, 1.807) is 12.1 Å². The Morgan fingerprint density at radius 3 is 2.52 bits per heavy atom. The smallest absolute Gasteiger partial charge is 0.253 e. The first-order chi connectivity index (χ1) is 16.1. The fourth-order valence-corrected chi connectivity index (χ4v) is 4.20. The Morgan fingerprint density at radius 2 is 1.76 bits per heavy atom. The first-order valence-corrected chi connectivity index (χ1v) is 11.2. The molecule has 5 rings (SSSR count). The van der Waals surface area contributed by atoms with Crippen LogP contribution in [0.5, 0.6) is 0 Å². The highest BCUT2D eigenvalue weighted by molar-refractivity contribution is 5.94. The first kappa shape index (κ1) is 21.1. The maximum absolute atomic E-state index is 13.2. The third-order valence-corrected chi connectivity index (χ3v) is 5.95. The predicted molar refractivity (Wildman–Crippen MR) is 125 cm³/mol. The zero-order valence-corrected chi connectivity index (χ0v) is 18.5. The summed E-state index contributed by atoms with van der Waals surface area (Å²) in [5.41, 5.74) is 2.24. The number of carbonyl (C=O) groups excluding carboxylic acids is 1. The maximum Gasteiger partial charge on any atom is 0.253 e. The van der Waals surface area contributed by atoms with Gasteiger partial charge in [0.25, 0.3) is 5.91 Å². The molecule has 0 N–H and O–H groups in total. The van der Waals surface area contributed by atoms with E-state index >= 15 is 0 Å². The average Bonchev–Trinajstić information content (AvgIpc) is 3.13. The van der Waals surface area contributed by atoms with Crippen LogP contribution in [-0.2, 0) is 6.42 Å². The van der Waals surface area contributed by atoms with Gasteiger partial charge in [-0.3, -0.25) is 4.79 Å². The zero-order chi connectivity index (χ0) is 22.8.